The molecule has 0 aromatic carbocycles. The van der Waals surface area contributed by atoms with Crippen LogP contribution in [0.4, 0.5) is 0 Å². The molecule has 2 aliphatic rings. The van der Waals surface area contributed by atoms with Gasteiger partial charge in [-0.15, -0.1) is 0 Å². The third-order valence-corrected chi connectivity index (χ3v) is 3.91. The van der Waals surface area contributed by atoms with Crippen molar-refractivity contribution < 1.29 is 9.53 Å². The second-order valence-corrected chi connectivity index (χ2v) is 5.17. The lowest BCUT2D eigenvalue weighted by atomic mass is 9.89. The van der Waals surface area contributed by atoms with E-state index in [0.717, 1.165) is 32.4 Å². The maximum atomic E-state index is 12.4. The average Bonchev–Trinajstić information content (AvgIpc) is 2.32. The first-order valence-corrected chi connectivity index (χ1v) is 6.91. The van der Waals surface area contributed by atoms with Crippen LogP contribution in [0.1, 0.15) is 38.5 Å². The first-order valence-electron chi connectivity index (χ1n) is 6.91. The van der Waals surface area contributed by atoms with Gasteiger partial charge in [0.25, 0.3) is 0 Å². The fourth-order valence-corrected chi connectivity index (χ4v) is 2.60. The lowest BCUT2D eigenvalue weighted by Crippen LogP contribution is -2.49. The molecule has 17 heavy (non-hydrogen) atoms. The van der Waals surface area contributed by atoms with E-state index in [2.05, 4.69) is 4.90 Å². The zero-order valence-electron chi connectivity index (χ0n) is 10.6. The topological polar surface area (TPSA) is 55.6 Å². The van der Waals surface area contributed by atoms with Crippen LogP contribution in [0.5, 0.6) is 0 Å². The van der Waals surface area contributed by atoms with Gasteiger partial charge in [0.15, 0.2) is 0 Å². The highest BCUT2D eigenvalue weighted by Crippen LogP contribution is 2.27. The predicted molar refractivity (Wildman–Crippen MR) is 66.6 cm³/mol. The van der Waals surface area contributed by atoms with Crippen molar-refractivity contribution in [2.75, 3.05) is 26.3 Å². The summed E-state index contributed by atoms with van der Waals surface area (Å²) in [6.07, 6.45) is 6.53. The molecule has 1 saturated heterocycles. The van der Waals surface area contributed by atoms with Crippen molar-refractivity contribution in [3.63, 3.8) is 0 Å². The lowest BCUT2D eigenvalue weighted by Gasteiger charge is -2.40. The van der Waals surface area contributed by atoms with E-state index in [1.165, 1.54) is 19.3 Å². The van der Waals surface area contributed by atoms with Crippen LogP contribution in [0.3, 0.4) is 0 Å². The van der Waals surface area contributed by atoms with E-state index in [4.69, 9.17) is 10.5 Å². The first-order chi connectivity index (χ1) is 8.33. The summed E-state index contributed by atoms with van der Waals surface area (Å²) in [5, 5.41) is 0. The van der Waals surface area contributed by atoms with Crippen molar-refractivity contribution in [1.29, 1.82) is 0 Å². The number of hydrogen-bond acceptors (Lipinski definition) is 3. The second-order valence-electron chi connectivity index (χ2n) is 5.17. The molecule has 0 aromatic heterocycles. The summed E-state index contributed by atoms with van der Waals surface area (Å²) in [7, 11) is 0. The van der Waals surface area contributed by atoms with Gasteiger partial charge in [-0.25, -0.2) is 0 Å². The van der Waals surface area contributed by atoms with Crippen molar-refractivity contribution in [2.24, 2.45) is 11.7 Å². The Morgan fingerprint density at radius 3 is 2.65 bits per heavy atom. The van der Waals surface area contributed by atoms with E-state index in [9.17, 15) is 4.79 Å². The standard InChI is InChI=1S/C13H24N2O2/c14-7-3-8-15(12-5-1-6-12)13(16)11-4-2-9-17-10-11/h11-12H,1-10,14H2. The molecule has 2 N–H and O–H groups in total. The van der Waals surface area contributed by atoms with E-state index < -0.39 is 0 Å². The molecule has 1 amide bonds. The molecule has 1 aliphatic heterocycles. The molecule has 0 spiro atoms. The number of rotatable bonds is 5. The molecule has 4 heteroatoms. The summed E-state index contributed by atoms with van der Waals surface area (Å²) in [5.74, 6) is 0.407. The van der Waals surface area contributed by atoms with Gasteiger partial charge in [-0.05, 0) is 45.1 Å². The van der Waals surface area contributed by atoms with Crippen molar-refractivity contribution in [1.82, 2.24) is 4.90 Å². The Labute approximate surface area is 103 Å². The highest BCUT2D eigenvalue weighted by molar-refractivity contribution is 5.79. The zero-order valence-corrected chi connectivity index (χ0v) is 10.6. The van der Waals surface area contributed by atoms with Crippen molar-refractivity contribution in [3.8, 4) is 0 Å². The van der Waals surface area contributed by atoms with Crippen LogP contribution in [0, 0.1) is 5.92 Å². The minimum absolute atomic E-state index is 0.0992. The van der Waals surface area contributed by atoms with Gasteiger partial charge in [-0.1, -0.05) is 0 Å². The molecular weight excluding hydrogens is 216 g/mol. The SMILES string of the molecule is NCCCN(C(=O)C1CCCOC1)C1CCC1. The van der Waals surface area contributed by atoms with Crippen molar-refractivity contribution in [3.05, 3.63) is 0 Å². The molecule has 0 aromatic rings. The molecule has 4 nitrogen and oxygen atoms in total. The van der Waals surface area contributed by atoms with Gasteiger partial charge in [-0.2, -0.15) is 0 Å². The van der Waals surface area contributed by atoms with E-state index in [0.29, 0.717) is 25.1 Å². The fourth-order valence-electron chi connectivity index (χ4n) is 2.60. The maximum Gasteiger partial charge on any atom is 0.228 e. The Bertz CT molecular complexity index is 248. The fraction of sp³-hybridized carbons (Fsp3) is 0.923. The molecule has 1 unspecified atom stereocenters. The van der Waals surface area contributed by atoms with E-state index in [1.807, 2.05) is 0 Å². The van der Waals surface area contributed by atoms with Crippen LogP contribution in [0.25, 0.3) is 0 Å². The van der Waals surface area contributed by atoms with Crippen LogP contribution in [-0.4, -0.2) is 43.2 Å². The Balaban J connectivity index is 1.90. The second kappa shape index (κ2) is 6.36. The molecule has 1 aliphatic carbocycles. The average molecular weight is 240 g/mol. The van der Waals surface area contributed by atoms with Gasteiger partial charge >= 0.3 is 0 Å². The number of nitrogens with two attached hydrogens (primary N) is 1. The molecule has 2 rings (SSSR count). The summed E-state index contributed by atoms with van der Waals surface area (Å²) >= 11 is 0. The zero-order chi connectivity index (χ0) is 12.1. The van der Waals surface area contributed by atoms with Crippen LogP contribution in [-0.2, 0) is 9.53 Å². The number of amides is 1. The third kappa shape index (κ3) is 3.19. The molecule has 0 radical (unpaired) electrons. The molecule has 1 saturated carbocycles. The van der Waals surface area contributed by atoms with Crippen molar-refractivity contribution in [2.45, 2.75) is 44.6 Å². The summed E-state index contributed by atoms with van der Waals surface area (Å²) < 4.78 is 5.42. The van der Waals surface area contributed by atoms with Crippen LogP contribution >= 0.6 is 0 Å². The Kier molecular flexibility index (Phi) is 4.80. The third-order valence-electron chi connectivity index (χ3n) is 3.91. The van der Waals surface area contributed by atoms with Gasteiger partial charge in [-0.3, -0.25) is 4.79 Å². The Morgan fingerprint density at radius 1 is 1.29 bits per heavy atom. The minimum Gasteiger partial charge on any atom is -0.381 e. The lowest BCUT2D eigenvalue weighted by molar-refractivity contribution is -0.144. The number of carbonyl (C=O) groups is 1. The molecule has 98 valence electrons. The van der Waals surface area contributed by atoms with Crippen LogP contribution in [0.2, 0.25) is 0 Å². The highest BCUT2D eigenvalue weighted by atomic mass is 16.5. The summed E-state index contributed by atoms with van der Waals surface area (Å²) in [4.78, 5) is 14.5. The van der Waals surface area contributed by atoms with Crippen molar-refractivity contribution >= 4 is 5.91 Å². The van der Waals surface area contributed by atoms with E-state index in [1.54, 1.807) is 0 Å². The predicted octanol–water partition coefficient (Wildman–Crippen LogP) is 1.14. The molecule has 1 heterocycles. The number of ether oxygens (including phenoxy) is 1. The van der Waals surface area contributed by atoms with E-state index >= 15 is 0 Å². The molecule has 1 atom stereocenters. The quantitative estimate of drug-likeness (QED) is 0.784. The van der Waals surface area contributed by atoms with Gasteiger partial charge in [0.05, 0.1) is 12.5 Å². The van der Waals surface area contributed by atoms with Gasteiger partial charge in [0, 0.05) is 19.2 Å². The number of hydrogen-bond donors (Lipinski definition) is 1. The normalized spacial score (nSPS) is 25.4. The first kappa shape index (κ1) is 12.8. The van der Waals surface area contributed by atoms with E-state index in [-0.39, 0.29) is 5.92 Å². The Hall–Kier alpha value is -0.610. The summed E-state index contributed by atoms with van der Waals surface area (Å²) in [6, 6.07) is 0.482. The maximum absolute atomic E-state index is 12.4. The molecule has 2 fully saturated rings. The van der Waals surface area contributed by atoms with Gasteiger partial charge < -0.3 is 15.4 Å². The minimum atomic E-state index is 0.0992. The monoisotopic (exact) mass is 240 g/mol. The molecule has 0 bridgehead atoms. The number of carbonyl (C=O) groups excluding carboxylic acids is 1. The number of nitrogens with zero attached hydrogens (tertiary/aromatic N) is 1. The van der Waals surface area contributed by atoms with Crippen LogP contribution < -0.4 is 5.73 Å². The summed E-state index contributed by atoms with van der Waals surface area (Å²) in [6.45, 7) is 2.93. The Morgan fingerprint density at radius 2 is 2.12 bits per heavy atom. The van der Waals surface area contributed by atoms with Gasteiger partial charge in [0.2, 0.25) is 5.91 Å². The van der Waals surface area contributed by atoms with Crippen LogP contribution in [0.15, 0.2) is 0 Å². The smallest absolute Gasteiger partial charge is 0.228 e. The molecular formula is C13H24N2O2. The largest absolute Gasteiger partial charge is 0.381 e. The van der Waals surface area contributed by atoms with Gasteiger partial charge in [0.1, 0.15) is 0 Å². The highest BCUT2D eigenvalue weighted by Gasteiger charge is 2.33. The summed E-state index contributed by atoms with van der Waals surface area (Å²) in [5.41, 5.74) is 5.55.